The third-order valence-corrected chi connectivity index (χ3v) is 6.39. The number of amides is 1. The molecule has 0 atom stereocenters. The highest BCUT2D eigenvalue weighted by molar-refractivity contribution is 7.17. The first-order valence-electron chi connectivity index (χ1n) is 10.2. The monoisotopic (exact) mass is 468 g/mol. The molecular formula is C23H27F3N2O3S. The van der Waals surface area contributed by atoms with Crippen LogP contribution in [-0.4, -0.2) is 23.0 Å². The van der Waals surface area contributed by atoms with Gasteiger partial charge in [0.15, 0.2) is 17.5 Å². The number of anilines is 1. The number of rotatable bonds is 3. The van der Waals surface area contributed by atoms with Crippen LogP contribution in [0.4, 0.5) is 18.2 Å². The minimum Gasteiger partial charge on any atom is -0.456 e. The van der Waals surface area contributed by atoms with Crippen LogP contribution >= 0.6 is 11.3 Å². The number of hydrogen-bond acceptors (Lipinski definition) is 5. The van der Waals surface area contributed by atoms with Gasteiger partial charge in [0.05, 0.1) is 5.56 Å². The number of carbonyl (C=O) groups is 2. The van der Waals surface area contributed by atoms with E-state index >= 15 is 0 Å². The number of thiophene rings is 1. The zero-order valence-electron chi connectivity index (χ0n) is 19.1. The first kappa shape index (κ1) is 24.3. The average Bonchev–Trinajstić information content (AvgIpc) is 2.94. The molecule has 1 amide bonds. The van der Waals surface area contributed by atoms with E-state index in [1.807, 2.05) is 27.7 Å². The summed E-state index contributed by atoms with van der Waals surface area (Å²) in [5.41, 5.74) is -1.03. The number of hydrogen-bond donors (Lipinski definition) is 2. The highest BCUT2D eigenvalue weighted by Gasteiger charge is 2.42. The van der Waals surface area contributed by atoms with Gasteiger partial charge in [-0.15, -0.1) is 11.3 Å². The van der Waals surface area contributed by atoms with Crippen molar-refractivity contribution >= 4 is 28.2 Å². The third kappa shape index (κ3) is 4.83. The van der Waals surface area contributed by atoms with Crippen LogP contribution in [-0.2, 0) is 16.7 Å². The molecule has 2 N–H and O–H groups in total. The molecule has 0 saturated heterocycles. The smallest absolute Gasteiger partial charge is 0.341 e. The molecule has 0 saturated carbocycles. The Kier molecular flexibility index (Phi) is 5.97. The van der Waals surface area contributed by atoms with E-state index in [2.05, 4.69) is 10.6 Å². The average molecular weight is 469 g/mol. The molecular weight excluding hydrogens is 441 g/mol. The van der Waals surface area contributed by atoms with Crippen molar-refractivity contribution in [1.82, 2.24) is 5.32 Å². The van der Waals surface area contributed by atoms with Gasteiger partial charge in [-0.2, -0.15) is 0 Å². The van der Waals surface area contributed by atoms with Crippen molar-refractivity contribution in [2.45, 2.75) is 71.6 Å². The number of ether oxygens (including phenoxy) is 1. The summed E-state index contributed by atoms with van der Waals surface area (Å²) >= 11 is 1.20. The summed E-state index contributed by atoms with van der Waals surface area (Å²) in [7, 11) is 0. The molecule has 0 bridgehead atoms. The maximum atomic E-state index is 13.6. The molecule has 9 heteroatoms. The van der Waals surface area contributed by atoms with E-state index in [0.717, 1.165) is 10.4 Å². The normalized spacial score (nSPS) is 16.9. The Morgan fingerprint density at radius 3 is 2.19 bits per heavy atom. The van der Waals surface area contributed by atoms with Crippen molar-refractivity contribution in [3.05, 3.63) is 51.2 Å². The molecule has 2 aromatic rings. The number of esters is 1. The Hall–Kier alpha value is -2.39. The molecule has 3 rings (SSSR count). The Bertz CT molecular complexity index is 1080. The quantitative estimate of drug-likeness (QED) is 0.459. The number of carbonyl (C=O) groups excluding carboxylic acids is 2. The van der Waals surface area contributed by atoms with E-state index in [0.29, 0.717) is 18.6 Å². The number of halogens is 3. The number of fused-ring (bicyclic) bond motifs is 1. The molecule has 0 fully saturated rings. The van der Waals surface area contributed by atoms with Gasteiger partial charge >= 0.3 is 5.97 Å². The van der Waals surface area contributed by atoms with Gasteiger partial charge in [-0.3, -0.25) is 4.79 Å². The second-order valence-electron chi connectivity index (χ2n) is 10.1. The summed E-state index contributed by atoms with van der Waals surface area (Å²) < 4.78 is 46.1. The number of benzene rings is 1. The Labute approximate surface area is 189 Å². The van der Waals surface area contributed by atoms with Crippen LogP contribution in [0.2, 0.25) is 0 Å². The maximum Gasteiger partial charge on any atom is 0.341 e. The maximum absolute atomic E-state index is 13.6. The SMILES string of the molecule is CC1(C)Cc2c(sc(NC(=O)c3cc(F)c(F)c(F)c3)c2C(=O)OC(C)(C)C)C(C)(C)N1. The predicted octanol–water partition coefficient (Wildman–Crippen LogP) is 5.53. The van der Waals surface area contributed by atoms with Crippen LogP contribution in [0, 0.1) is 17.5 Å². The van der Waals surface area contributed by atoms with Crippen molar-refractivity contribution in [2.24, 2.45) is 0 Å². The van der Waals surface area contributed by atoms with Crippen molar-refractivity contribution in [1.29, 1.82) is 0 Å². The number of nitrogens with one attached hydrogen (secondary N) is 2. The highest BCUT2D eigenvalue weighted by atomic mass is 32.1. The first-order chi connectivity index (χ1) is 14.5. The van der Waals surface area contributed by atoms with Gasteiger partial charge < -0.3 is 15.4 Å². The van der Waals surface area contributed by atoms with Crippen molar-refractivity contribution in [3.8, 4) is 0 Å². The lowest BCUT2D eigenvalue weighted by Crippen LogP contribution is -2.55. The summed E-state index contributed by atoms with van der Waals surface area (Å²) in [6, 6.07) is 1.23. The molecule has 1 aliphatic heterocycles. The van der Waals surface area contributed by atoms with E-state index in [9.17, 15) is 22.8 Å². The van der Waals surface area contributed by atoms with Crippen molar-refractivity contribution in [3.63, 3.8) is 0 Å². The second-order valence-corrected chi connectivity index (χ2v) is 11.2. The molecule has 0 aliphatic carbocycles. The summed E-state index contributed by atoms with van der Waals surface area (Å²) in [6.07, 6.45) is 0.506. The van der Waals surface area contributed by atoms with Gasteiger partial charge in [0.1, 0.15) is 10.6 Å². The molecule has 5 nitrogen and oxygen atoms in total. The summed E-state index contributed by atoms with van der Waals surface area (Å²) in [4.78, 5) is 26.8. The third-order valence-electron chi connectivity index (χ3n) is 4.92. The molecule has 32 heavy (non-hydrogen) atoms. The lowest BCUT2D eigenvalue weighted by molar-refractivity contribution is 0.00693. The van der Waals surface area contributed by atoms with Crippen molar-refractivity contribution in [2.75, 3.05) is 5.32 Å². The van der Waals surface area contributed by atoms with Crippen LogP contribution < -0.4 is 10.6 Å². The summed E-state index contributed by atoms with van der Waals surface area (Å²) in [5, 5.41) is 6.33. The Morgan fingerprint density at radius 1 is 1.09 bits per heavy atom. The minimum atomic E-state index is -1.65. The Balaban J connectivity index is 2.10. The van der Waals surface area contributed by atoms with E-state index in [1.54, 1.807) is 20.8 Å². The van der Waals surface area contributed by atoms with Crippen LogP contribution in [0.1, 0.15) is 79.6 Å². The van der Waals surface area contributed by atoms with Gasteiger partial charge in [0, 0.05) is 21.5 Å². The zero-order chi connectivity index (χ0) is 24.2. The fourth-order valence-electron chi connectivity index (χ4n) is 4.02. The van der Waals surface area contributed by atoms with Gasteiger partial charge in [-0.05, 0) is 72.6 Å². The molecule has 174 valence electrons. The highest BCUT2D eigenvalue weighted by Crippen LogP contribution is 2.45. The molecule has 1 aromatic carbocycles. The van der Waals surface area contributed by atoms with Crippen molar-refractivity contribution < 1.29 is 27.5 Å². The molecule has 1 aromatic heterocycles. The molecule has 2 heterocycles. The minimum absolute atomic E-state index is 0.215. The van der Waals surface area contributed by atoms with Gasteiger partial charge in [-0.1, -0.05) is 0 Å². The van der Waals surface area contributed by atoms with Gasteiger partial charge in [0.2, 0.25) is 0 Å². The predicted molar refractivity (Wildman–Crippen MR) is 118 cm³/mol. The summed E-state index contributed by atoms with van der Waals surface area (Å²) in [6.45, 7) is 13.2. The molecule has 0 spiro atoms. The van der Waals surface area contributed by atoms with E-state index in [1.165, 1.54) is 11.3 Å². The second kappa shape index (κ2) is 7.88. The fraction of sp³-hybridized carbons (Fsp3) is 0.478. The largest absolute Gasteiger partial charge is 0.456 e. The zero-order valence-corrected chi connectivity index (χ0v) is 19.9. The Morgan fingerprint density at radius 2 is 1.66 bits per heavy atom. The lowest BCUT2D eigenvalue weighted by Gasteiger charge is -2.42. The first-order valence-corrected chi connectivity index (χ1v) is 11.0. The van der Waals surface area contributed by atoms with Crippen LogP contribution in [0.25, 0.3) is 0 Å². The topological polar surface area (TPSA) is 67.4 Å². The van der Waals surface area contributed by atoms with Gasteiger partial charge in [0.25, 0.3) is 5.91 Å². The van der Waals surface area contributed by atoms with Crippen LogP contribution in [0.15, 0.2) is 12.1 Å². The van der Waals surface area contributed by atoms with E-state index in [-0.39, 0.29) is 16.1 Å². The summed E-state index contributed by atoms with van der Waals surface area (Å²) in [5.74, 6) is -6.07. The standard InChI is InChI=1S/C23H27F3N2O3S/c1-21(2,3)31-20(30)15-12-10-22(4,5)28-23(6,7)17(12)32-19(15)27-18(29)11-8-13(24)16(26)14(25)9-11/h8-9,28H,10H2,1-7H3,(H,27,29). The lowest BCUT2D eigenvalue weighted by atomic mass is 9.81. The van der Waals surface area contributed by atoms with E-state index < -0.39 is 46.0 Å². The fourth-order valence-corrected chi connectivity index (χ4v) is 5.28. The van der Waals surface area contributed by atoms with Gasteiger partial charge in [-0.25, -0.2) is 18.0 Å². The van der Waals surface area contributed by atoms with E-state index in [4.69, 9.17) is 4.74 Å². The molecule has 1 aliphatic rings. The van der Waals surface area contributed by atoms with Crippen LogP contribution in [0.5, 0.6) is 0 Å². The van der Waals surface area contributed by atoms with Crippen LogP contribution in [0.3, 0.4) is 0 Å². The molecule has 0 unspecified atom stereocenters. The molecule has 0 radical (unpaired) electrons.